The molecule has 3 heterocycles. The summed E-state index contributed by atoms with van der Waals surface area (Å²) in [5.41, 5.74) is 2.62. The van der Waals surface area contributed by atoms with Crippen molar-refractivity contribution in [2.75, 3.05) is 31.1 Å². The normalized spacial score (nSPS) is 29.9. The highest BCUT2D eigenvalue weighted by atomic mass is 16.6. The molecule has 0 spiro atoms. The lowest BCUT2D eigenvalue weighted by molar-refractivity contribution is -0.0494. The number of benzene rings is 1. The Morgan fingerprint density at radius 2 is 1.73 bits per heavy atom. The molecule has 2 unspecified atom stereocenters. The van der Waals surface area contributed by atoms with E-state index in [1.807, 2.05) is 20.8 Å². The van der Waals surface area contributed by atoms with E-state index in [-0.39, 0.29) is 17.3 Å². The highest BCUT2D eigenvalue weighted by molar-refractivity contribution is 5.70. The van der Waals surface area contributed by atoms with E-state index in [9.17, 15) is 4.79 Å². The Balaban J connectivity index is 1.53. The molecule has 26 heavy (non-hydrogen) atoms. The zero-order chi connectivity index (χ0) is 18.7. The molecule has 3 aliphatic heterocycles. The Morgan fingerprint density at radius 3 is 2.38 bits per heavy atom. The van der Waals surface area contributed by atoms with Crippen molar-refractivity contribution >= 4 is 11.8 Å². The van der Waals surface area contributed by atoms with Crippen molar-refractivity contribution in [1.29, 1.82) is 0 Å². The molecule has 1 saturated heterocycles. The van der Waals surface area contributed by atoms with Gasteiger partial charge in [0.1, 0.15) is 16.8 Å². The number of ether oxygens (including phenoxy) is 2. The monoisotopic (exact) mass is 356 g/mol. The smallest absolute Gasteiger partial charge is 0.410 e. The fourth-order valence-electron chi connectivity index (χ4n) is 4.30. The van der Waals surface area contributed by atoms with E-state index in [4.69, 9.17) is 9.47 Å². The average molecular weight is 356 g/mol. The third kappa shape index (κ3) is 2.69. The first-order valence-electron chi connectivity index (χ1n) is 9.39. The summed E-state index contributed by atoms with van der Waals surface area (Å²) < 4.78 is 11.8. The first kappa shape index (κ1) is 17.4. The lowest BCUT2D eigenvalue weighted by atomic mass is 9.82. The molecule has 5 nitrogen and oxygen atoms in total. The van der Waals surface area contributed by atoms with Crippen LogP contribution in [0.25, 0.3) is 0 Å². The molecule has 140 valence electrons. The predicted octanol–water partition coefficient (Wildman–Crippen LogP) is 3.77. The largest absolute Gasteiger partial charge is 0.444 e. The van der Waals surface area contributed by atoms with Crippen LogP contribution in [0.2, 0.25) is 0 Å². The van der Waals surface area contributed by atoms with Crippen molar-refractivity contribution in [3.05, 3.63) is 41.5 Å². The Bertz CT molecular complexity index is 774. The maximum atomic E-state index is 12.3. The second-order valence-corrected chi connectivity index (χ2v) is 8.80. The minimum atomic E-state index is -0.457. The fourth-order valence-corrected chi connectivity index (χ4v) is 4.30. The molecule has 3 aliphatic rings. The van der Waals surface area contributed by atoms with Gasteiger partial charge in [0.15, 0.2) is 0 Å². The van der Waals surface area contributed by atoms with Crippen LogP contribution in [0.4, 0.5) is 10.5 Å². The summed E-state index contributed by atoms with van der Waals surface area (Å²) in [6, 6.07) is 6.46. The molecule has 0 saturated carbocycles. The molecule has 5 heteroatoms. The average Bonchev–Trinajstić information content (AvgIpc) is 3.01. The van der Waals surface area contributed by atoms with Gasteiger partial charge in [-0.15, -0.1) is 0 Å². The first-order valence-corrected chi connectivity index (χ1v) is 9.39. The minimum absolute atomic E-state index is 0.222. The molecular weight excluding hydrogens is 328 g/mol. The summed E-state index contributed by atoms with van der Waals surface area (Å²) >= 11 is 0. The van der Waals surface area contributed by atoms with Crippen LogP contribution in [0.5, 0.6) is 0 Å². The van der Waals surface area contributed by atoms with Crippen LogP contribution in [0.3, 0.4) is 0 Å². The predicted molar refractivity (Wildman–Crippen MR) is 101 cm³/mol. The zero-order valence-corrected chi connectivity index (χ0v) is 16.3. The Labute approximate surface area is 155 Å². The van der Waals surface area contributed by atoms with Gasteiger partial charge in [-0.1, -0.05) is 12.1 Å². The number of fused-ring (bicyclic) bond motifs is 5. The summed E-state index contributed by atoms with van der Waals surface area (Å²) in [7, 11) is 0. The third-order valence-corrected chi connectivity index (χ3v) is 5.49. The Morgan fingerprint density at radius 1 is 1.08 bits per heavy atom. The maximum Gasteiger partial charge on any atom is 0.410 e. The van der Waals surface area contributed by atoms with Crippen molar-refractivity contribution in [2.45, 2.75) is 51.4 Å². The van der Waals surface area contributed by atoms with E-state index < -0.39 is 5.60 Å². The summed E-state index contributed by atoms with van der Waals surface area (Å²) in [5.74, 6) is 0. The van der Waals surface area contributed by atoms with Crippen molar-refractivity contribution in [1.82, 2.24) is 4.90 Å². The highest BCUT2D eigenvalue weighted by Crippen LogP contribution is 2.56. The number of carbonyl (C=O) groups is 1. The van der Waals surface area contributed by atoms with Gasteiger partial charge in [-0.2, -0.15) is 0 Å². The number of carbonyl (C=O) groups excluding carboxylic acids is 1. The zero-order valence-electron chi connectivity index (χ0n) is 16.3. The number of rotatable bonds is 1. The summed E-state index contributed by atoms with van der Waals surface area (Å²) in [4.78, 5) is 16.5. The summed E-state index contributed by atoms with van der Waals surface area (Å²) in [6.45, 7) is 12.9. The van der Waals surface area contributed by atoms with Gasteiger partial charge in [0.2, 0.25) is 0 Å². The van der Waals surface area contributed by atoms with Gasteiger partial charge in [0, 0.05) is 37.4 Å². The molecule has 4 rings (SSSR count). The molecule has 0 N–H and O–H groups in total. The van der Waals surface area contributed by atoms with Gasteiger partial charge in [0.05, 0.1) is 0 Å². The molecule has 2 atom stereocenters. The fraction of sp³-hybridized carbons (Fsp3) is 0.571. The van der Waals surface area contributed by atoms with Crippen LogP contribution in [0.1, 0.15) is 45.7 Å². The van der Waals surface area contributed by atoms with Crippen LogP contribution in [-0.4, -0.2) is 42.8 Å². The van der Waals surface area contributed by atoms with E-state index in [1.165, 1.54) is 16.8 Å². The maximum absolute atomic E-state index is 12.3. The van der Waals surface area contributed by atoms with Gasteiger partial charge in [-0.25, -0.2) is 4.79 Å². The van der Waals surface area contributed by atoms with Crippen molar-refractivity contribution < 1.29 is 14.3 Å². The number of amides is 1. The number of hydrogen-bond acceptors (Lipinski definition) is 4. The van der Waals surface area contributed by atoms with Crippen molar-refractivity contribution in [3.63, 3.8) is 0 Å². The van der Waals surface area contributed by atoms with Crippen LogP contribution in [0, 0.1) is 0 Å². The van der Waals surface area contributed by atoms with Crippen molar-refractivity contribution in [2.24, 2.45) is 0 Å². The number of hydrogen-bond donors (Lipinski definition) is 0. The van der Waals surface area contributed by atoms with Gasteiger partial charge in [-0.05, 0) is 58.4 Å². The number of anilines is 1. The van der Waals surface area contributed by atoms with Crippen LogP contribution in [-0.2, 0) is 20.7 Å². The molecule has 1 fully saturated rings. The number of piperazine rings is 1. The van der Waals surface area contributed by atoms with E-state index in [2.05, 4.69) is 49.1 Å². The minimum Gasteiger partial charge on any atom is -0.444 e. The van der Waals surface area contributed by atoms with E-state index in [0.29, 0.717) is 13.1 Å². The summed E-state index contributed by atoms with van der Waals surface area (Å²) in [6.07, 6.45) is 4.12. The Hall–Kier alpha value is -2.01. The second kappa shape index (κ2) is 5.49. The van der Waals surface area contributed by atoms with E-state index in [1.54, 1.807) is 4.90 Å². The Kier molecular flexibility index (Phi) is 3.68. The van der Waals surface area contributed by atoms with Crippen LogP contribution >= 0.6 is 0 Å². The molecular formula is C21H28N2O3. The molecule has 0 aromatic heterocycles. The lowest BCUT2D eigenvalue weighted by Crippen LogP contribution is -2.50. The molecule has 0 radical (unpaired) electrons. The van der Waals surface area contributed by atoms with E-state index >= 15 is 0 Å². The van der Waals surface area contributed by atoms with Gasteiger partial charge < -0.3 is 19.3 Å². The first-order chi connectivity index (χ1) is 12.1. The van der Waals surface area contributed by atoms with E-state index in [0.717, 1.165) is 13.1 Å². The molecule has 2 bridgehead atoms. The summed E-state index contributed by atoms with van der Waals surface area (Å²) in [5, 5.41) is 0. The molecule has 1 aromatic rings. The third-order valence-electron chi connectivity index (χ3n) is 5.49. The second-order valence-electron chi connectivity index (χ2n) is 8.80. The SMILES string of the molecule is CC(C)(C)OC(=O)N1CCN(c2cccc3c2C2(C)C=CC3(C)O2)CC1. The highest BCUT2D eigenvalue weighted by Gasteiger charge is 2.52. The molecule has 1 aromatic carbocycles. The lowest BCUT2D eigenvalue weighted by Gasteiger charge is -2.38. The molecule has 1 amide bonds. The van der Waals surface area contributed by atoms with Gasteiger partial charge >= 0.3 is 6.09 Å². The quantitative estimate of drug-likeness (QED) is 0.718. The van der Waals surface area contributed by atoms with Gasteiger partial charge in [0.25, 0.3) is 0 Å². The van der Waals surface area contributed by atoms with Crippen LogP contribution in [0.15, 0.2) is 30.4 Å². The van der Waals surface area contributed by atoms with Gasteiger partial charge in [-0.3, -0.25) is 0 Å². The topological polar surface area (TPSA) is 42.0 Å². The standard InChI is InChI=1S/C21H28N2O3/c1-19(2,3)25-18(24)23-13-11-22(12-14-23)16-8-6-7-15-17(16)21(5)10-9-20(15,4)26-21/h6-10H,11-14H2,1-5H3. The molecule has 0 aliphatic carbocycles. The van der Waals surface area contributed by atoms with Crippen LogP contribution < -0.4 is 4.90 Å². The number of nitrogens with zero attached hydrogens (tertiary/aromatic N) is 2. The van der Waals surface area contributed by atoms with Crippen molar-refractivity contribution in [3.8, 4) is 0 Å².